The summed E-state index contributed by atoms with van der Waals surface area (Å²) in [5, 5.41) is 0. The van der Waals surface area contributed by atoms with Crippen LogP contribution in [0.25, 0.3) is 0 Å². The van der Waals surface area contributed by atoms with Crippen molar-refractivity contribution in [3.05, 3.63) is 32.2 Å². The van der Waals surface area contributed by atoms with Crippen LogP contribution < -0.4 is 0 Å². The minimum absolute atomic E-state index is 0.0750. The molecule has 1 atom stereocenters. The summed E-state index contributed by atoms with van der Waals surface area (Å²) in [5.74, 6) is -0.778. The van der Waals surface area contributed by atoms with E-state index in [4.69, 9.17) is 16.4 Å². The molecule has 1 rings (SSSR count). The molecule has 0 aromatic carbocycles. The molecule has 66 valence electrons. The Hall–Kier alpha value is -0.600. The molecule has 0 bridgehead atoms. The van der Waals surface area contributed by atoms with Gasteiger partial charge in [0, 0.05) is 0 Å². The van der Waals surface area contributed by atoms with Gasteiger partial charge in [-0.1, -0.05) is 13.2 Å². The van der Waals surface area contributed by atoms with E-state index in [0.717, 1.165) is 6.42 Å². The summed E-state index contributed by atoms with van der Waals surface area (Å²) in [4.78, 5) is 0. The van der Waals surface area contributed by atoms with Crippen LogP contribution in [-0.2, 0) is 9.47 Å². The first-order valence-corrected chi connectivity index (χ1v) is 4.05. The SMILES string of the molecule is [CH]CCC1COC(C=C)(C=C)O1. The molecule has 0 saturated carbocycles. The highest BCUT2D eigenvalue weighted by Gasteiger charge is 2.35. The lowest BCUT2D eigenvalue weighted by Gasteiger charge is -2.19. The van der Waals surface area contributed by atoms with Crippen molar-refractivity contribution < 1.29 is 9.47 Å². The summed E-state index contributed by atoms with van der Waals surface area (Å²) in [6.45, 7) is 13.2. The van der Waals surface area contributed by atoms with Gasteiger partial charge in [-0.25, -0.2) is 0 Å². The van der Waals surface area contributed by atoms with Crippen molar-refractivity contribution in [1.82, 2.24) is 0 Å². The van der Waals surface area contributed by atoms with Crippen LogP contribution in [0, 0.1) is 6.92 Å². The van der Waals surface area contributed by atoms with Crippen LogP contribution >= 0.6 is 0 Å². The fraction of sp³-hybridized carbons (Fsp3) is 0.500. The lowest BCUT2D eigenvalue weighted by Crippen LogP contribution is -2.24. The van der Waals surface area contributed by atoms with Crippen molar-refractivity contribution in [2.75, 3.05) is 6.61 Å². The van der Waals surface area contributed by atoms with Crippen molar-refractivity contribution >= 4 is 0 Å². The van der Waals surface area contributed by atoms with E-state index in [1.54, 1.807) is 12.2 Å². The van der Waals surface area contributed by atoms with Gasteiger partial charge in [0.1, 0.15) is 0 Å². The smallest absolute Gasteiger partial charge is 0.207 e. The predicted octanol–water partition coefficient (Wildman–Crippen LogP) is 1.96. The van der Waals surface area contributed by atoms with E-state index in [2.05, 4.69) is 13.2 Å². The van der Waals surface area contributed by atoms with Gasteiger partial charge in [0.2, 0.25) is 5.79 Å². The van der Waals surface area contributed by atoms with Crippen LogP contribution in [0.3, 0.4) is 0 Å². The second kappa shape index (κ2) is 3.87. The molecular weight excluding hydrogens is 152 g/mol. The molecular formula is C10H14O2. The largest absolute Gasteiger partial charge is 0.340 e. The molecule has 1 unspecified atom stereocenters. The zero-order valence-electron chi connectivity index (χ0n) is 7.16. The fourth-order valence-corrected chi connectivity index (χ4v) is 1.18. The summed E-state index contributed by atoms with van der Waals surface area (Å²) in [6, 6.07) is 0. The molecule has 0 aromatic heterocycles. The zero-order chi connectivity index (χ0) is 9.03. The van der Waals surface area contributed by atoms with E-state index in [9.17, 15) is 0 Å². The Kier molecular flexibility index (Phi) is 3.06. The van der Waals surface area contributed by atoms with Crippen LogP contribution in [0.15, 0.2) is 25.3 Å². The highest BCUT2D eigenvalue weighted by Crippen LogP contribution is 2.27. The molecule has 2 radical (unpaired) electrons. The minimum atomic E-state index is -0.778. The normalized spacial score (nSPS) is 26.9. The summed E-state index contributed by atoms with van der Waals surface area (Å²) in [6.07, 6.45) is 4.71. The van der Waals surface area contributed by atoms with E-state index < -0.39 is 5.79 Å². The Morgan fingerprint density at radius 3 is 2.58 bits per heavy atom. The Balaban J connectivity index is 2.52. The number of rotatable bonds is 4. The molecule has 2 nitrogen and oxygen atoms in total. The molecule has 0 amide bonds. The van der Waals surface area contributed by atoms with Crippen LogP contribution in [0.4, 0.5) is 0 Å². The molecule has 2 heteroatoms. The molecule has 0 aromatic rings. The van der Waals surface area contributed by atoms with Crippen molar-refractivity contribution in [2.45, 2.75) is 24.7 Å². The summed E-state index contributed by atoms with van der Waals surface area (Å²) in [7, 11) is 0. The fourth-order valence-electron chi connectivity index (χ4n) is 1.18. The first kappa shape index (κ1) is 9.49. The standard InChI is InChI=1S/C10H14O2/c1-4-7-9-8-11-10(5-2,6-3)12-9/h1,5-6,9H,2-4,7-8H2. The van der Waals surface area contributed by atoms with Gasteiger partial charge in [-0.3, -0.25) is 0 Å². The number of hydrogen-bond acceptors (Lipinski definition) is 2. The number of ether oxygens (including phenoxy) is 2. The highest BCUT2D eigenvalue weighted by atomic mass is 16.7. The third-order valence-corrected chi connectivity index (χ3v) is 1.90. The summed E-state index contributed by atoms with van der Waals surface area (Å²) < 4.78 is 10.9. The molecule has 1 aliphatic heterocycles. The monoisotopic (exact) mass is 166 g/mol. The molecule has 0 aliphatic carbocycles. The van der Waals surface area contributed by atoms with Gasteiger partial charge in [0.15, 0.2) is 0 Å². The van der Waals surface area contributed by atoms with Crippen molar-refractivity contribution in [3.63, 3.8) is 0 Å². The molecule has 1 aliphatic rings. The first-order valence-electron chi connectivity index (χ1n) is 4.05. The zero-order valence-corrected chi connectivity index (χ0v) is 7.16. The average molecular weight is 166 g/mol. The van der Waals surface area contributed by atoms with Crippen molar-refractivity contribution in [2.24, 2.45) is 0 Å². The first-order chi connectivity index (χ1) is 5.76. The molecule has 0 spiro atoms. The summed E-state index contributed by atoms with van der Waals surface area (Å²) >= 11 is 0. The van der Waals surface area contributed by atoms with Gasteiger partial charge in [0.05, 0.1) is 12.7 Å². The van der Waals surface area contributed by atoms with Crippen LogP contribution in [0.2, 0.25) is 0 Å². The van der Waals surface area contributed by atoms with E-state index in [-0.39, 0.29) is 6.10 Å². The van der Waals surface area contributed by atoms with Gasteiger partial charge in [-0.05, 0) is 31.9 Å². The van der Waals surface area contributed by atoms with Gasteiger partial charge < -0.3 is 9.47 Å². The van der Waals surface area contributed by atoms with Gasteiger partial charge in [-0.15, -0.1) is 0 Å². The number of hydrogen-bond donors (Lipinski definition) is 0. The van der Waals surface area contributed by atoms with Crippen LogP contribution in [-0.4, -0.2) is 18.5 Å². The Labute approximate surface area is 73.9 Å². The molecule has 12 heavy (non-hydrogen) atoms. The third kappa shape index (κ3) is 1.76. The molecule has 1 fully saturated rings. The lowest BCUT2D eigenvalue weighted by molar-refractivity contribution is -0.0891. The van der Waals surface area contributed by atoms with E-state index in [1.165, 1.54) is 0 Å². The van der Waals surface area contributed by atoms with E-state index >= 15 is 0 Å². The molecule has 1 heterocycles. The van der Waals surface area contributed by atoms with Crippen LogP contribution in [0.1, 0.15) is 12.8 Å². The maximum absolute atomic E-state index is 5.55. The topological polar surface area (TPSA) is 18.5 Å². The van der Waals surface area contributed by atoms with Crippen LogP contribution in [0.5, 0.6) is 0 Å². The maximum Gasteiger partial charge on any atom is 0.207 e. The maximum atomic E-state index is 5.55. The Bertz CT molecular complexity index is 167. The van der Waals surface area contributed by atoms with Gasteiger partial charge in [-0.2, -0.15) is 0 Å². The third-order valence-electron chi connectivity index (χ3n) is 1.90. The van der Waals surface area contributed by atoms with E-state index in [0.29, 0.717) is 13.0 Å². The second-order valence-corrected chi connectivity index (χ2v) is 2.76. The average Bonchev–Trinajstić information content (AvgIpc) is 2.50. The van der Waals surface area contributed by atoms with Crippen molar-refractivity contribution in [3.8, 4) is 0 Å². The molecule has 0 N–H and O–H groups in total. The quantitative estimate of drug-likeness (QED) is 0.594. The molecule has 1 saturated heterocycles. The second-order valence-electron chi connectivity index (χ2n) is 2.76. The lowest BCUT2D eigenvalue weighted by atomic mass is 10.2. The minimum Gasteiger partial charge on any atom is -0.340 e. The highest BCUT2D eigenvalue weighted by molar-refractivity contribution is 5.05. The van der Waals surface area contributed by atoms with Crippen molar-refractivity contribution in [1.29, 1.82) is 0 Å². The van der Waals surface area contributed by atoms with Gasteiger partial charge >= 0.3 is 0 Å². The Morgan fingerprint density at radius 1 is 1.50 bits per heavy atom. The predicted molar refractivity (Wildman–Crippen MR) is 47.5 cm³/mol. The van der Waals surface area contributed by atoms with Gasteiger partial charge in [0.25, 0.3) is 0 Å². The van der Waals surface area contributed by atoms with E-state index in [1.807, 2.05) is 0 Å². The summed E-state index contributed by atoms with van der Waals surface area (Å²) in [5.41, 5.74) is 0. The Morgan fingerprint density at radius 2 is 2.17 bits per heavy atom.